The van der Waals surface area contributed by atoms with Crippen LogP contribution in [0, 0.1) is 12.8 Å². The topological polar surface area (TPSA) is 57.3 Å². The van der Waals surface area contributed by atoms with Crippen LogP contribution in [0.25, 0.3) is 0 Å². The molecule has 5 nitrogen and oxygen atoms in total. The van der Waals surface area contributed by atoms with Crippen molar-refractivity contribution in [2.75, 3.05) is 36.4 Å². The molecule has 1 aliphatic heterocycles. The van der Waals surface area contributed by atoms with Gasteiger partial charge in [-0.05, 0) is 56.8 Å². The Hall–Kier alpha value is -1.62. The van der Waals surface area contributed by atoms with Crippen LogP contribution in [0.4, 0.5) is 11.5 Å². The Bertz CT molecular complexity index is 510. The van der Waals surface area contributed by atoms with Crippen LogP contribution in [-0.4, -0.2) is 37.1 Å². The monoisotopic (exact) mass is 318 g/mol. The van der Waals surface area contributed by atoms with Gasteiger partial charge in [0.05, 0.1) is 11.9 Å². The molecular formula is C18H30N4O. The molecular weight excluding hydrogens is 288 g/mol. The highest BCUT2D eigenvalue weighted by Gasteiger charge is 2.21. The first-order valence-electron chi connectivity index (χ1n) is 8.86. The Kier molecular flexibility index (Phi) is 6.84. The highest BCUT2D eigenvalue weighted by Crippen LogP contribution is 2.25. The molecule has 0 aromatic carbocycles. The third kappa shape index (κ3) is 5.20. The summed E-state index contributed by atoms with van der Waals surface area (Å²) in [6, 6.07) is 2.03. The Labute approximate surface area is 139 Å². The zero-order valence-corrected chi connectivity index (χ0v) is 14.7. The summed E-state index contributed by atoms with van der Waals surface area (Å²) in [4.78, 5) is 18.6. The summed E-state index contributed by atoms with van der Waals surface area (Å²) < 4.78 is 0. The van der Waals surface area contributed by atoms with Gasteiger partial charge in [0.15, 0.2) is 0 Å². The third-order valence-corrected chi connectivity index (χ3v) is 4.41. The van der Waals surface area contributed by atoms with Crippen molar-refractivity contribution in [3.8, 4) is 0 Å². The summed E-state index contributed by atoms with van der Waals surface area (Å²) in [6.45, 7) is 10.5. The van der Waals surface area contributed by atoms with Gasteiger partial charge >= 0.3 is 0 Å². The molecule has 0 unspecified atom stereocenters. The Morgan fingerprint density at radius 2 is 2.09 bits per heavy atom. The molecule has 0 bridgehead atoms. The highest BCUT2D eigenvalue weighted by molar-refractivity contribution is 5.90. The molecule has 1 amide bonds. The summed E-state index contributed by atoms with van der Waals surface area (Å²) in [7, 11) is 0. The van der Waals surface area contributed by atoms with Crippen LogP contribution < -0.4 is 15.5 Å². The van der Waals surface area contributed by atoms with E-state index < -0.39 is 0 Å². The van der Waals surface area contributed by atoms with Crippen LogP contribution in [-0.2, 0) is 4.79 Å². The lowest BCUT2D eigenvalue weighted by Gasteiger charge is -2.33. The summed E-state index contributed by atoms with van der Waals surface area (Å²) >= 11 is 0. The number of hydrogen-bond acceptors (Lipinski definition) is 4. The van der Waals surface area contributed by atoms with Crippen LogP contribution in [0.1, 0.15) is 45.1 Å². The fraction of sp³-hybridized carbons (Fsp3) is 0.667. The molecule has 1 fully saturated rings. The molecule has 0 spiro atoms. The van der Waals surface area contributed by atoms with Crippen molar-refractivity contribution in [1.82, 2.24) is 10.3 Å². The molecule has 2 N–H and O–H groups in total. The van der Waals surface area contributed by atoms with Crippen LogP contribution >= 0.6 is 0 Å². The van der Waals surface area contributed by atoms with Crippen molar-refractivity contribution in [3.05, 3.63) is 17.8 Å². The van der Waals surface area contributed by atoms with Gasteiger partial charge in [-0.15, -0.1) is 0 Å². The van der Waals surface area contributed by atoms with Gasteiger partial charge in [-0.3, -0.25) is 4.79 Å². The van der Waals surface area contributed by atoms with E-state index in [2.05, 4.69) is 34.4 Å². The number of piperidine rings is 1. The molecule has 0 radical (unpaired) electrons. The average Bonchev–Trinajstić information content (AvgIpc) is 2.54. The number of rotatable bonds is 7. The fourth-order valence-corrected chi connectivity index (χ4v) is 3.11. The SMILES string of the molecule is CCCC(=O)Nc1cnc(N2CCC(CNCC)CC2)c(C)c1. The summed E-state index contributed by atoms with van der Waals surface area (Å²) in [6.07, 6.45) is 5.62. The largest absolute Gasteiger partial charge is 0.356 e. The van der Waals surface area contributed by atoms with Crippen molar-refractivity contribution >= 4 is 17.4 Å². The highest BCUT2D eigenvalue weighted by atomic mass is 16.1. The van der Waals surface area contributed by atoms with Crippen molar-refractivity contribution in [1.29, 1.82) is 0 Å². The first kappa shape index (κ1) is 17.7. The maximum absolute atomic E-state index is 11.7. The minimum atomic E-state index is 0.0608. The quantitative estimate of drug-likeness (QED) is 0.811. The van der Waals surface area contributed by atoms with Gasteiger partial charge in [-0.2, -0.15) is 0 Å². The zero-order chi connectivity index (χ0) is 16.7. The van der Waals surface area contributed by atoms with Gasteiger partial charge in [-0.25, -0.2) is 4.98 Å². The van der Waals surface area contributed by atoms with Crippen LogP contribution in [0.2, 0.25) is 0 Å². The second-order valence-electron chi connectivity index (χ2n) is 6.40. The first-order valence-corrected chi connectivity index (χ1v) is 8.86. The molecule has 1 aromatic rings. The van der Waals surface area contributed by atoms with Gasteiger partial charge in [-0.1, -0.05) is 13.8 Å². The minimum Gasteiger partial charge on any atom is -0.356 e. The standard InChI is InChI=1S/C18H30N4O/c1-4-6-17(23)21-16-11-14(3)18(20-13-16)22-9-7-15(8-10-22)12-19-5-2/h11,13,15,19H,4-10,12H2,1-3H3,(H,21,23). The number of carbonyl (C=O) groups is 1. The maximum atomic E-state index is 11.7. The minimum absolute atomic E-state index is 0.0608. The Morgan fingerprint density at radius 3 is 2.70 bits per heavy atom. The fourth-order valence-electron chi connectivity index (χ4n) is 3.11. The molecule has 1 aromatic heterocycles. The molecule has 1 aliphatic rings. The first-order chi connectivity index (χ1) is 11.1. The normalized spacial score (nSPS) is 15.7. The van der Waals surface area contributed by atoms with E-state index in [0.717, 1.165) is 55.6 Å². The van der Waals surface area contributed by atoms with Crippen molar-refractivity contribution in [2.24, 2.45) is 5.92 Å². The number of aryl methyl sites for hydroxylation is 1. The third-order valence-electron chi connectivity index (χ3n) is 4.41. The number of aromatic nitrogens is 1. The Balaban J connectivity index is 1.92. The van der Waals surface area contributed by atoms with Crippen LogP contribution in [0.5, 0.6) is 0 Å². The van der Waals surface area contributed by atoms with Gasteiger partial charge < -0.3 is 15.5 Å². The van der Waals surface area contributed by atoms with E-state index >= 15 is 0 Å². The smallest absolute Gasteiger partial charge is 0.224 e. The average molecular weight is 318 g/mol. The van der Waals surface area contributed by atoms with E-state index in [0.29, 0.717) is 6.42 Å². The molecule has 0 atom stereocenters. The molecule has 5 heteroatoms. The van der Waals surface area contributed by atoms with Crippen LogP contribution in [0.15, 0.2) is 12.3 Å². The molecule has 128 valence electrons. The molecule has 2 heterocycles. The van der Waals surface area contributed by atoms with Crippen LogP contribution in [0.3, 0.4) is 0 Å². The number of carbonyl (C=O) groups excluding carboxylic acids is 1. The van der Waals surface area contributed by atoms with E-state index in [1.165, 1.54) is 12.8 Å². The van der Waals surface area contributed by atoms with E-state index in [1.807, 2.05) is 13.0 Å². The second-order valence-corrected chi connectivity index (χ2v) is 6.40. The van der Waals surface area contributed by atoms with Gasteiger partial charge in [0, 0.05) is 19.5 Å². The van der Waals surface area contributed by atoms with E-state index in [1.54, 1.807) is 6.20 Å². The van der Waals surface area contributed by atoms with E-state index in [9.17, 15) is 4.79 Å². The van der Waals surface area contributed by atoms with Crippen molar-refractivity contribution < 1.29 is 4.79 Å². The molecule has 1 saturated heterocycles. The van der Waals surface area contributed by atoms with Crippen molar-refractivity contribution in [2.45, 2.75) is 46.5 Å². The summed E-state index contributed by atoms with van der Waals surface area (Å²) in [5, 5.41) is 6.36. The second kappa shape index (κ2) is 8.87. The lowest BCUT2D eigenvalue weighted by atomic mass is 9.96. The molecule has 23 heavy (non-hydrogen) atoms. The predicted molar refractivity (Wildman–Crippen MR) is 96.0 cm³/mol. The Morgan fingerprint density at radius 1 is 1.35 bits per heavy atom. The summed E-state index contributed by atoms with van der Waals surface area (Å²) in [5.74, 6) is 1.89. The van der Waals surface area contributed by atoms with E-state index in [4.69, 9.17) is 0 Å². The summed E-state index contributed by atoms with van der Waals surface area (Å²) in [5.41, 5.74) is 1.93. The maximum Gasteiger partial charge on any atom is 0.224 e. The van der Waals surface area contributed by atoms with Gasteiger partial charge in [0.2, 0.25) is 5.91 Å². The number of pyridine rings is 1. The predicted octanol–water partition coefficient (Wildman–Crippen LogP) is 2.95. The van der Waals surface area contributed by atoms with Crippen molar-refractivity contribution in [3.63, 3.8) is 0 Å². The number of nitrogens with zero attached hydrogens (tertiary/aromatic N) is 2. The number of hydrogen-bond donors (Lipinski definition) is 2. The van der Waals surface area contributed by atoms with Gasteiger partial charge in [0.1, 0.15) is 5.82 Å². The number of amides is 1. The number of anilines is 2. The lowest BCUT2D eigenvalue weighted by molar-refractivity contribution is -0.116. The molecule has 2 rings (SSSR count). The molecule has 0 aliphatic carbocycles. The number of nitrogens with one attached hydrogen (secondary N) is 2. The lowest BCUT2D eigenvalue weighted by Crippen LogP contribution is -2.38. The van der Waals surface area contributed by atoms with Gasteiger partial charge in [0.25, 0.3) is 0 Å². The molecule has 0 saturated carbocycles. The van der Waals surface area contributed by atoms with E-state index in [-0.39, 0.29) is 5.91 Å². The zero-order valence-electron chi connectivity index (χ0n) is 14.7.